The zero-order valence-corrected chi connectivity index (χ0v) is 12.8. The van der Waals surface area contributed by atoms with Gasteiger partial charge in [0.05, 0.1) is 17.1 Å². The minimum atomic E-state index is -0.390. The first kappa shape index (κ1) is 14.8. The van der Waals surface area contributed by atoms with E-state index in [0.717, 1.165) is 36.2 Å². The molecule has 6 nitrogen and oxygen atoms in total. The first-order valence-corrected chi connectivity index (χ1v) is 7.76. The molecule has 1 aliphatic rings. The van der Waals surface area contributed by atoms with Crippen LogP contribution >= 0.6 is 0 Å². The number of carbonyl (C=O) groups excluding carboxylic acids is 1. The van der Waals surface area contributed by atoms with Crippen molar-refractivity contribution in [3.8, 4) is 0 Å². The number of β-amino-alcohol motifs (C(OH)–C–C–N with tert-alkyl or cyclic N) is 1. The number of rotatable bonds is 3. The summed E-state index contributed by atoms with van der Waals surface area (Å²) in [6, 6.07) is 7.91. The van der Waals surface area contributed by atoms with Gasteiger partial charge in [0.15, 0.2) is 0 Å². The standard InChI is InChI=1S/C16H22N4O2/c1-19-14-7-3-2-6-13(14)18-15(19)8-9-17-16(22)20-10-4-5-12(21)11-20/h2-3,6-7,12,21H,4-5,8-11H2,1H3,(H,17,22)/t12-/m1/s1. The largest absolute Gasteiger partial charge is 0.391 e. The minimum absolute atomic E-state index is 0.0995. The van der Waals surface area contributed by atoms with Gasteiger partial charge >= 0.3 is 6.03 Å². The Balaban J connectivity index is 1.55. The zero-order chi connectivity index (χ0) is 15.5. The van der Waals surface area contributed by atoms with Crippen LogP contribution in [0.25, 0.3) is 11.0 Å². The second-order valence-corrected chi connectivity index (χ2v) is 5.80. The summed E-state index contributed by atoms with van der Waals surface area (Å²) in [7, 11) is 1.99. The third-order valence-corrected chi connectivity index (χ3v) is 4.19. The predicted octanol–water partition coefficient (Wildman–Crippen LogP) is 1.28. The molecule has 2 aromatic rings. The van der Waals surface area contributed by atoms with E-state index in [2.05, 4.69) is 14.9 Å². The molecule has 22 heavy (non-hydrogen) atoms. The van der Waals surface area contributed by atoms with Gasteiger partial charge in [0.25, 0.3) is 0 Å². The zero-order valence-electron chi connectivity index (χ0n) is 12.8. The van der Waals surface area contributed by atoms with Crippen molar-refractivity contribution >= 4 is 17.1 Å². The number of nitrogens with one attached hydrogen (secondary N) is 1. The van der Waals surface area contributed by atoms with Crippen LogP contribution in [0.2, 0.25) is 0 Å². The predicted molar refractivity (Wildman–Crippen MR) is 84.6 cm³/mol. The van der Waals surface area contributed by atoms with Gasteiger partial charge in [0.1, 0.15) is 5.82 Å². The molecule has 2 N–H and O–H groups in total. The number of para-hydroxylation sites is 2. The van der Waals surface area contributed by atoms with E-state index in [1.54, 1.807) is 4.90 Å². The third kappa shape index (κ3) is 3.06. The summed E-state index contributed by atoms with van der Waals surface area (Å²) < 4.78 is 2.06. The maximum atomic E-state index is 12.1. The molecule has 1 aromatic carbocycles. The molecule has 2 heterocycles. The normalized spacial score (nSPS) is 18.6. The van der Waals surface area contributed by atoms with Crippen LogP contribution < -0.4 is 5.32 Å². The fourth-order valence-electron chi connectivity index (χ4n) is 2.95. The van der Waals surface area contributed by atoms with E-state index in [-0.39, 0.29) is 12.1 Å². The first-order chi connectivity index (χ1) is 10.6. The molecule has 0 radical (unpaired) electrons. The fraction of sp³-hybridized carbons (Fsp3) is 0.500. The molecule has 6 heteroatoms. The van der Waals surface area contributed by atoms with Gasteiger partial charge in [0.2, 0.25) is 0 Å². The number of aliphatic hydroxyl groups excluding tert-OH is 1. The molecule has 3 rings (SSSR count). The minimum Gasteiger partial charge on any atom is -0.391 e. The highest BCUT2D eigenvalue weighted by atomic mass is 16.3. The number of piperidine rings is 1. The van der Waals surface area contributed by atoms with E-state index in [9.17, 15) is 9.90 Å². The number of aliphatic hydroxyl groups is 1. The summed E-state index contributed by atoms with van der Waals surface area (Å²) in [5.74, 6) is 0.958. The van der Waals surface area contributed by atoms with Crippen LogP contribution in [-0.2, 0) is 13.5 Å². The highest BCUT2D eigenvalue weighted by Crippen LogP contribution is 2.14. The van der Waals surface area contributed by atoms with Crippen molar-refractivity contribution < 1.29 is 9.90 Å². The Labute approximate surface area is 129 Å². The van der Waals surface area contributed by atoms with E-state index in [4.69, 9.17) is 0 Å². The van der Waals surface area contributed by atoms with Crippen molar-refractivity contribution in [2.75, 3.05) is 19.6 Å². The van der Waals surface area contributed by atoms with E-state index >= 15 is 0 Å². The van der Waals surface area contributed by atoms with Gasteiger partial charge in [0, 0.05) is 33.1 Å². The number of amides is 2. The number of aromatic nitrogens is 2. The summed E-state index contributed by atoms with van der Waals surface area (Å²) in [5, 5.41) is 12.5. The van der Waals surface area contributed by atoms with Crippen molar-refractivity contribution in [3.05, 3.63) is 30.1 Å². The molecule has 1 aromatic heterocycles. The Kier molecular flexibility index (Phi) is 4.29. The Morgan fingerprint density at radius 3 is 3.05 bits per heavy atom. The lowest BCUT2D eigenvalue weighted by Crippen LogP contribution is -2.47. The molecule has 0 bridgehead atoms. The van der Waals surface area contributed by atoms with Crippen molar-refractivity contribution in [1.82, 2.24) is 19.8 Å². The SMILES string of the molecule is Cn1c(CCNC(=O)N2CCC[C@@H](O)C2)nc2ccccc21. The van der Waals surface area contributed by atoms with Crippen LogP contribution in [0.15, 0.2) is 24.3 Å². The van der Waals surface area contributed by atoms with Gasteiger partial charge in [-0.2, -0.15) is 0 Å². The molecule has 1 aliphatic heterocycles. The molecule has 0 unspecified atom stereocenters. The van der Waals surface area contributed by atoms with E-state index in [1.165, 1.54) is 0 Å². The second-order valence-electron chi connectivity index (χ2n) is 5.80. The number of hydrogen-bond acceptors (Lipinski definition) is 3. The third-order valence-electron chi connectivity index (χ3n) is 4.19. The number of aryl methyl sites for hydroxylation is 1. The Hall–Kier alpha value is -2.08. The number of hydrogen-bond donors (Lipinski definition) is 2. The van der Waals surface area contributed by atoms with E-state index in [0.29, 0.717) is 19.5 Å². The van der Waals surface area contributed by atoms with Crippen molar-refractivity contribution in [2.45, 2.75) is 25.4 Å². The quantitative estimate of drug-likeness (QED) is 0.897. The number of urea groups is 1. The van der Waals surface area contributed by atoms with Crippen molar-refractivity contribution in [3.63, 3.8) is 0 Å². The van der Waals surface area contributed by atoms with Gasteiger partial charge < -0.3 is 19.9 Å². The number of likely N-dealkylation sites (tertiary alicyclic amines) is 1. The van der Waals surface area contributed by atoms with Gasteiger partial charge in [-0.3, -0.25) is 0 Å². The molecule has 1 saturated heterocycles. The molecule has 0 spiro atoms. The molecule has 0 saturated carbocycles. The molecule has 118 valence electrons. The van der Waals surface area contributed by atoms with Crippen LogP contribution in [0.4, 0.5) is 4.79 Å². The van der Waals surface area contributed by atoms with Crippen LogP contribution in [-0.4, -0.2) is 51.3 Å². The molecule has 1 fully saturated rings. The lowest BCUT2D eigenvalue weighted by molar-refractivity contribution is 0.0843. The lowest BCUT2D eigenvalue weighted by atomic mass is 10.1. The number of nitrogens with zero attached hydrogens (tertiary/aromatic N) is 3. The molecule has 0 aliphatic carbocycles. The smallest absolute Gasteiger partial charge is 0.317 e. The van der Waals surface area contributed by atoms with Gasteiger partial charge in [-0.05, 0) is 25.0 Å². The number of benzene rings is 1. The maximum absolute atomic E-state index is 12.1. The summed E-state index contributed by atoms with van der Waals surface area (Å²) in [6.45, 7) is 1.69. The van der Waals surface area contributed by atoms with Crippen molar-refractivity contribution in [1.29, 1.82) is 0 Å². The maximum Gasteiger partial charge on any atom is 0.317 e. The van der Waals surface area contributed by atoms with Gasteiger partial charge in [-0.15, -0.1) is 0 Å². The summed E-state index contributed by atoms with van der Waals surface area (Å²) in [4.78, 5) is 18.3. The lowest BCUT2D eigenvalue weighted by Gasteiger charge is -2.30. The summed E-state index contributed by atoms with van der Waals surface area (Å²) in [6.07, 6.45) is 1.94. The van der Waals surface area contributed by atoms with Crippen LogP contribution in [0.3, 0.4) is 0 Å². The molecular weight excluding hydrogens is 280 g/mol. The topological polar surface area (TPSA) is 70.4 Å². The molecule has 1 atom stereocenters. The molecular formula is C16H22N4O2. The fourth-order valence-corrected chi connectivity index (χ4v) is 2.95. The van der Waals surface area contributed by atoms with Crippen molar-refractivity contribution in [2.24, 2.45) is 7.05 Å². The van der Waals surface area contributed by atoms with E-state index in [1.807, 2.05) is 31.3 Å². The first-order valence-electron chi connectivity index (χ1n) is 7.76. The average molecular weight is 302 g/mol. The Morgan fingerprint density at radius 1 is 1.45 bits per heavy atom. The van der Waals surface area contributed by atoms with Crippen LogP contribution in [0.5, 0.6) is 0 Å². The van der Waals surface area contributed by atoms with Crippen LogP contribution in [0.1, 0.15) is 18.7 Å². The number of carbonyl (C=O) groups is 1. The molecule has 2 amide bonds. The summed E-state index contributed by atoms with van der Waals surface area (Å²) >= 11 is 0. The Bertz CT molecular complexity index is 667. The summed E-state index contributed by atoms with van der Waals surface area (Å²) in [5.41, 5.74) is 2.08. The monoisotopic (exact) mass is 302 g/mol. The van der Waals surface area contributed by atoms with Gasteiger partial charge in [-0.25, -0.2) is 9.78 Å². The second kappa shape index (κ2) is 6.36. The highest BCUT2D eigenvalue weighted by Gasteiger charge is 2.21. The number of fused-ring (bicyclic) bond motifs is 1. The van der Waals surface area contributed by atoms with E-state index < -0.39 is 0 Å². The number of imidazole rings is 1. The highest BCUT2D eigenvalue weighted by molar-refractivity contribution is 5.76. The Morgan fingerprint density at radius 2 is 2.27 bits per heavy atom. The van der Waals surface area contributed by atoms with Gasteiger partial charge in [-0.1, -0.05) is 12.1 Å². The average Bonchev–Trinajstić information content (AvgIpc) is 2.84. The van der Waals surface area contributed by atoms with Crippen LogP contribution in [0, 0.1) is 0 Å².